The number of fused-ring (bicyclic) bond motifs is 1. The molecule has 0 bridgehead atoms. The van der Waals surface area contributed by atoms with E-state index in [2.05, 4.69) is 5.16 Å². The van der Waals surface area contributed by atoms with Crippen molar-refractivity contribution >= 4 is 10.8 Å². The molecular weight excluding hydrogens is 383 g/mol. The maximum absolute atomic E-state index is 14.0. The Morgan fingerprint density at radius 1 is 0.897 bits per heavy atom. The van der Waals surface area contributed by atoms with E-state index in [1.807, 2.05) is 0 Å². The molecule has 0 radical (unpaired) electrons. The Balaban J connectivity index is 1.81. The highest BCUT2D eigenvalue weighted by molar-refractivity contribution is 5.83. The average Bonchev–Trinajstić information content (AvgIpc) is 3.22. The van der Waals surface area contributed by atoms with Crippen LogP contribution in [-0.2, 0) is 5.60 Å². The minimum Gasteiger partial charge on any atom is -0.497 e. The van der Waals surface area contributed by atoms with Crippen molar-refractivity contribution in [1.82, 2.24) is 5.16 Å². The summed E-state index contributed by atoms with van der Waals surface area (Å²) in [5.41, 5.74) is -2.98. The molecule has 3 aromatic carbocycles. The largest absolute Gasteiger partial charge is 0.497 e. The summed E-state index contributed by atoms with van der Waals surface area (Å²) in [6.45, 7) is 0. The van der Waals surface area contributed by atoms with Gasteiger partial charge in [-0.1, -0.05) is 41.6 Å². The van der Waals surface area contributed by atoms with Gasteiger partial charge in [-0.3, -0.25) is 0 Å². The molecule has 0 spiro atoms. The molecule has 0 fully saturated rings. The van der Waals surface area contributed by atoms with Crippen LogP contribution in [-0.4, -0.2) is 23.5 Å². The van der Waals surface area contributed by atoms with Crippen LogP contribution < -0.4 is 4.74 Å². The number of benzene rings is 3. The Morgan fingerprint density at radius 3 is 2.24 bits per heavy atom. The summed E-state index contributed by atoms with van der Waals surface area (Å²) < 4.78 is 52.1. The number of methoxy groups -OCH3 is 1. The van der Waals surface area contributed by atoms with Crippen LogP contribution in [0.3, 0.4) is 0 Å². The number of aromatic nitrogens is 1. The van der Waals surface area contributed by atoms with Gasteiger partial charge in [0.05, 0.1) is 7.11 Å². The normalized spacial score (nSPS) is 14.0. The molecule has 1 atom stereocenters. The highest BCUT2D eigenvalue weighted by Crippen LogP contribution is 2.45. The molecule has 0 saturated heterocycles. The van der Waals surface area contributed by atoms with Gasteiger partial charge in [0, 0.05) is 17.2 Å². The number of hydrogen-bond donors (Lipinski definition) is 1. The van der Waals surface area contributed by atoms with Gasteiger partial charge in [-0.05, 0) is 41.1 Å². The summed E-state index contributed by atoms with van der Waals surface area (Å²) >= 11 is 0. The van der Waals surface area contributed by atoms with E-state index < -0.39 is 17.5 Å². The first-order valence-corrected chi connectivity index (χ1v) is 8.73. The predicted molar refractivity (Wildman–Crippen MR) is 101 cm³/mol. The van der Waals surface area contributed by atoms with Crippen LogP contribution in [0.1, 0.15) is 11.3 Å². The van der Waals surface area contributed by atoms with Crippen LogP contribution in [0.2, 0.25) is 0 Å². The Morgan fingerprint density at radius 2 is 1.59 bits per heavy atom. The molecule has 4 rings (SSSR count). The quantitative estimate of drug-likeness (QED) is 0.506. The third-order valence-electron chi connectivity index (χ3n) is 4.83. The summed E-state index contributed by atoms with van der Waals surface area (Å²) in [7, 11) is 1.51. The Labute approximate surface area is 164 Å². The van der Waals surface area contributed by atoms with Gasteiger partial charge in [0.25, 0.3) is 0 Å². The van der Waals surface area contributed by atoms with E-state index in [0.29, 0.717) is 16.7 Å². The molecule has 1 N–H and O–H groups in total. The molecule has 4 nitrogen and oxygen atoms in total. The lowest BCUT2D eigenvalue weighted by molar-refractivity contribution is -0.254. The molecule has 7 heteroatoms. The summed E-state index contributed by atoms with van der Waals surface area (Å²) in [6, 6.07) is 18.7. The molecule has 1 aromatic heterocycles. The van der Waals surface area contributed by atoms with Gasteiger partial charge in [0.2, 0.25) is 5.60 Å². The maximum Gasteiger partial charge on any atom is 0.429 e. The van der Waals surface area contributed by atoms with Crippen LogP contribution in [0, 0.1) is 0 Å². The van der Waals surface area contributed by atoms with Gasteiger partial charge in [-0.25, -0.2) is 0 Å². The molecule has 0 saturated carbocycles. The van der Waals surface area contributed by atoms with Crippen molar-refractivity contribution in [2.24, 2.45) is 0 Å². The van der Waals surface area contributed by atoms with E-state index >= 15 is 0 Å². The summed E-state index contributed by atoms with van der Waals surface area (Å²) in [5.74, 6) is -0.105. The molecule has 148 valence electrons. The third-order valence-corrected chi connectivity index (χ3v) is 4.83. The topological polar surface area (TPSA) is 55.5 Å². The molecule has 0 aliphatic heterocycles. The molecule has 0 amide bonds. The second-order valence-electron chi connectivity index (χ2n) is 6.58. The fraction of sp³-hybridized carbons (Fsp3) is 0.136. The first-order chi connectivity index (χ1) is 13.8. The van der Waals surface area contributed by atoms with Crippen molar-refractivity contribution in [3.63, 3.8) is 0 Å². The predicted octanol–water partition coefficient (Wildman–Crippen LogP) is 5.30. The molecule has 0 aliphatic carbocycles. The smallest absolute Gasteiger partial charge is 0.429 e. The zero-order valence-electron chi connectivity index (χ0n) is 15.3. The second kappa shape index (κ2) is 6.93. The minimum atomic E-state index is -5.02. The van der Waals surface area contributed by atoms with Crippen LogP contribution in [0.15, 0.2) is 77.3 Å². The number of halogens is 3. The third kappa shape index (κ3) is 3.23. The summed E-state index contributed by atoms with van der Waals surface area (Å²) in [6.07, 6.45) is -5.02. The highest BCUT2D eigenvalue weighted by atomic mass is 19.4. The number of alkyl halides is 3. The van der Waals surface area contributed by atoms with Crippen molar-refractivity contribution in [1.29, 1.82) is 0 Å². The van der Waals surface area contributed by atoms with E-state index in [0.717, 1.165) is 11.5 Å². The molecule has 29 heavy (non-hydrogen) atoms. The van der Waals surface area contributed by atoms with Crippen molar-refractivity contribution in [2.75, 3.05) is 7.11 Å². The van der Waals surface area contributed by atoms with Crippen molar-refractivity contribution in [3.05, 3.63) is 84.1 Å². The Hall–Kier alpha value is -3.32. The fourth-order valence-electron chi connectivity index (χ4n) is 3.20. The summed E-state index contributed by atoms with van der Waals surface area (Å²) in [4.78, 5) is 0. The fourth-order valence-corrected chi connectivity index (χ4v) is 3.20. The van der Waals surface area contributed by atoms with Crippen LogP contribution >= 0.6 is 0 Å². The van der Waals surface area contributed by atoms with Crippen molar-refractivity contribution in [2.45, 2.75) is 11.8 Å². The van der Waals surface area contributed by atoms with Gasteiger partial charge in [-0.2, -0.15) is 13.2 Å². The number of ether oxygens (including phenoxy) is 1. The summed E-state index contributed by atoms with van der Waals surface area (Å²) in [5, 5.41) is 15.9. The Bertz CT molecular complexity index is 1150. The molecule has 4 aromatic rings. The van der Waals surface area contributed by atoms with Gasteiger partial charge in [-0.15, -0.1) is 0 Å². The molecule has 0 unspecified atom stereocenters. The molecule has 1 heterocycles. The lowest BCUT2D eigenvalue weighted by Crippen LogP contribution is -2.43. The standard InChI is InChI=1S/C22H16F3NO3/c1-28-18-10-7-15(8-11-18)19-13-20(29-26-19)21(27,22(23,24)25)17-9-6-14-4-2-3-5-16(14)12-17/h2-13,27H,1H3/t21-/m0/s1. The number of rotatable bonds is 4. The monoisotopic (exact) mass is 399 g/mol. The first kappa shape index (κ1) is 19.0. The lowest BCUT2D eigenvalue weighted by atomic mass is 9.88. The van der Waals surface area contributed by atoms with E-state index in [1.165, 1.54) is 25.3 Å². The highest BCUT2D eigenvalue weighted by Gasteiger charge is 2.59. The van der Waals surface area contributed by atoms with Gasteiger partial charge in [0.1, 0.15) is 11.4 Å². The Kier molecular flexibility index (Phi) is 4.55. The lowest BCUT2D eigenvalue weighted by Gasteiger charge is -2.28. The molecular formula is C22H16F3NO3. The van der Waals surface area contributed by atoms with Gasteiger partial charge < -0.3 is 14.4 Å². The zero-order valence-corrected chi connectivity index (χ0v) is 15.3. The maximum atomic E-state index is 14.0. The van der Waals surface area contributed by atoms with E-state index in [9.17, 15) is 18.3 Å². The minimum absolute atomic E-state index is 0.172. The van der Waals surface area contributed by atoms with E-state index in [-0.39, 0.29) is 11.3 Å². The number of aliphatic hydroxyl groups is 1. The van der Waals surface area contributed by atoms with E-state index in [4.69, 9.17) is 9.26 Å². The second-order valence-corrected chi connectivity index (χ2v) is 6.58. The van der Waals surface area contributed by atoms with E-state index in [1.54, 1.807) is 48.5 Å². The van der Waals surface area contributed by atoms with Crippen LogP contribution in [0.5, 0.6) is 5.75 Å². The average molecular weight is 399 g/mol. The van der Waals surface area contributed by atoms with Crippen molar-refractivity contribution in [3.8, 4) is 17.0 Å². The van der Waals surface area contributed by atoms with Crippen LogP contribution in [0.25, 0.3) is 22.0 Å². The molecule has 0 aliphatic rings. The first-order valence-electron chi connectivity index (χ1n) is 8.73. The van der Waals surface area contributed by atoms with Gasteiger partial charge in [0.15, 0.2) is 5.76 Å². The van der Waals surface area contributed by atoms with Gasteiger partial charge >= 0.3 is 6.18 Å². The van der Waals surface area contributed by atoms with Crippen molar-refractivity contribution < 1.29 is 27.5 Å². The number of hydrogen-bond acceptors (Lipinski definition) is 4. The zero-order chi connectivity index (χ0) is 20.6. The van der Waals surface area contributed by atoms with Crippen LogP contribution in [0.4, 0.5) is 13.2 Å². The SMILES string of the molecule is COc1ccc(-c2cc([C@@](O)(c3ccc4ccccc4c3)C(F)(F)F)on2)cc1. The number of nitrogens with zero attached hydrogens (tertiary/aromatic N) is 1.